The molecule has 5 nitrogen and oxygen atoms in total. The molecule has 0 amide bonds. The molecule has 6 heteroatoms. The van der Waals surface area contributed by atoms with Gasteiger partial charge in [-0.15, -0.1) is 0 Å². The van der Waals surface area contributed by atoms with E-state index in [1.165, 1.54) is 24.3 Å². The Morgan fingerprint density at radius 3 is 2.78 bits per heavy atom. The summed E-state index contributed by atoms with van der Waals surface area (Å²) in [6.45, 7) is 0. The highest BCUT2D eigenvalue weighted by Gasteiger charge is 2.20. The van der Waals surface area contributed by atoms with Crippen LogP contribution in [0.3, 0.4) is 0 Å². The number of ether oxygens (including phenoxy) is 1. The van der Waals surface area contributed by atoms with E-state index in [1.807, 2.05) is 11.8 Å². The van der Waals surface area contributed by atoms with Crippen LogP contribution in [0.1, 0.15) is 23.2 Å². The fraction of sp³-hybridized carbons (Fsp3) is 0.417. The first kappa shape index (κ1) is 12.9. The molecule has 1 aromatic carbocycles. The van der Waals surface area contributed by atoms with Crippen molar-refractivity contribution >= 4 is 23.4 Å². The number of benzene rings is 1. The molecule has 0 atom stereocenters. The third kappa shape index (κ3) is 3.22. The predicted octanol–water partition coefficient (Wildman–Crippen LogP) is 2.65. The number of carbonyl (C=O) groups is 1. The van der Waals surface area contributed by atoms with E-state index in [-0.39, 0.29) is 17.4 Å². The number of hydrogen-bond acceptors (Lipinski definition) is 5. The van der Waals surface area contributed by atoms with Crippen LogP contribution in [0, 0.1) is 10.1 Å². The molecular weight excluding hydrogens is 254 g/mol. The highest BCUT2D eigenvalue weighted by molar-refractivity contribution is 7.99. The third-order valence-corrected chi connectivity index (χ3v) is 3.78. The Balaban J connectivity index is 2.03. The van der Waals surface area contributed by atoms with Gasteiger partial charge in [0.15, 0.2) is 0 Å². The van der Waals surface area contributed by atoms with Crippen molar-refractivity contribution in [3.8, 4) is 0 Å². The molecule has 0 spiro atoms. The number of nitrogens with zero attached hydrogens (tertiary/aromatic N) is 1. The van der Waals surface area contributed by atoms with Gasteiger partial charge in [-0.05, 0) is 30.4 Å². The van der Waals surface area contributed by atoms with E-state index < -0.39 is 10.9 Å². The number of hydrogen-bond donors (Lipinski definition) is 0. The summed E-state index contributed by atoms with van der Waals surface area (Å²) in [6.07, 6.45) is 1.65. The van der Waals surface area contributed by atoms with Crippen molar-refractivity contribution in [3.05, 3.63) is 39.9 Å². The molecule has 0 radical (unpaired) electrons. The molecule has 1 aromatic rings. The fourth-order valence-electron chi connectivity index (χ4n) is 1.76. The van der Waals surface area contributed by atoms with Gasteiger partial charge in [0.05, 0.1) is 10.5 Å². The quantitative estimate of drug-likeness (QED) is 0.478. The lowest BCUT2D eigenvalue weighted by Gasteiger charge is -2.21. The normalized spacial score (nSPS) is 16.2. The monoisotopic (exact) mass is 267 g/mol. The highest BCUT2D eigenvalue weighted by atomic mass is 32.2. The minimum atomic E-state index is -0.520. The first-order chi connectivity index (χ1) is 8.66. The molecule has 1 aliphatic rings. The number of nitro groups is 1. The number of thioether (sulfide) groups is 1. The molecule has 2 rings (SSSR count). The molecule has 1 heterocycles. The summed E-state index contributed by atoms with van der Waals surface area (Å²) in [5.74, 6) is 1.51. The summed E-state index contributed by atoms with van der Waals surface area (Å²) in [5.41, 5.74) is 0.145. The topological polar surface area (TPSA) is 69.4 Å². The van der Waals surface area contributed by atoms with Crippen LogP contribution in [0.25, 0.3) is 0 Å². The first-order valence-electron chi connectivity index (χ1n) is 5.70. The van der Waals surface area contributed by atoms with E-state index in [9.17, 15) is 14.9 Å². The largest absolute Gasteiger partial charge is 0.459 e. The minimum Gasteiger partial charge on any atom is -0.459 e. The van der Waals surface area contributed by atoms with Crippen LogP contribution >= 0.6 is 11.8 Å². The Kier molecular flexibility index (Phi) is 4.19. The van der Waals surface area contributed by atoms with Crippen LogP contribution in [-0.4, -0.2) is 28.5 Å². The molecule has 0 bridgehead atoms. The van der Waals surface area contributed by atoms with Crippen molar-refractivity contribution in [2.75, 3.05) is 11.5 Å². The Labute approximate surface area is 109 Å². The zero-order valence-corrected chi connectivity index (χ0v) is 10.5. The number of rotatable bonds is 3. The molecular formula is C12H13NO4S. The van der Waals surface area contributed by atoms with Crippen molar-refractivity contribution < 1.29 is 14.5 Å². The third-order valence-electron chi connectivity index (χ3n) is 2.73. The SMILES string of the molecule is O=C(OC1CCSCC1)c1cccc([N+](=O)[O-])c1. The number of esters is 1. The van der Waals surface area contributed by atoms with Gasteiger partial charge in [0.1, 0.15) is 6.10 Å². The van der Waals surface area contributed by atoms with Crippen LogP contribution in [-0.2, 0) is 4.74 Å². The summed E-state index contributed by atoms with van der Waals surface area (Å²) >= 11 is 1.85. The number of carbonyl (C=O) groups excluding carboxylic acids is 1. The fourth-order valence-corrected chi connectivity index (χ4v) is 2.82. The molecule has 0 aliphatic carbocycles. The molecule has 1 saturated heterocycles. The molecule has 0 N–H and O–H groups in total. The van der Waals surface area contributed by atoms with Crippen LogP contribution in [0.15, 0.2) is 24.3 Å². The van der Waals surface area contributed by atoms with Crippen LogP contribution in [0.5, 0.6) is 0 Å². The Morgan fingerprint density at radius 1 is 1.39 bits per heavy atom. The molecule has 0 saturated carbocycles. The molecule has 0 aromatic heterocycles. The van der Waals surface area contributed by atoms with Gasteiger partial charge >= 0.3 is 5.97 Å². The maximum atomic E-state index is 11.8. The summed E-state index contributed by atoms with van der Waals surface area (Å²) < 4.78 is 5.34. The van der Waals surface area contributed by atoms with Crippen LogP contribution in [0.2, 0.25) is 0 Å². The first-order valence-corrected chi connectivity index (χ1v) is 6.85. The van der Waals surface area contributed by atoms with Gasteiger partial charge in [0.2, 0.25) is 0 Å². The molecule has 1 aliphatic heterocycles. The van der Waals surface area contributed by atoms with Gasteiger partial charge in [-0.3, -0.25) is 10.1 Å². The molecule has 18 heavy (non-hydrogen) atoms. The van der Waals surface area contributed by atoms with Crippen molar-refractivity contribution in [2.24, 2.45) is 0 Å². The van der Waals surface area contributed by atoms with Crippen molar-refractivity contribution in [1.29, 1.82) is 0 Å². The van der Waals surface area contributed by atoms with Crippen LogP contribution in [0.4, 0.5) is 5.69 Å². The molecule has 0 unspecified atom stereocenters. The average molecular weight is 267 g/mol. The lowest BCUT2D eigenvalue weighted by atomic mass is 10.2. The average Bonchev–Trinajstić information content (AvgIpc) is 2.40. The smallest absolute Gasteiger partial charge is 0.338 e. The van der Waals surface area contributed by atoms with Gasteiger partial charge in [-0.25, -0.2) is 4.79 Å². The van der Waals surface area contributed by atoms with Crippen molar-refractivity contribution in [3.63, 3.8) is 0 Å². The van der Waals surface area contributed by atoms with E-state index in [0.717, 1.165) is 24.3 Å². The minimum absolute atomic E-state index is 0.0574. The van der Waals surface area contributed by atoms with E-state index in [4.69, 9.17) is 4.74 Å². The summed E-state index contributed by atoms with van der Waals surface area (Å²) in [5, 5.41) is 10.6. The van der Waals surface area contributed by atoms with E-state index in [2.05, 4.69) is 0 Å². The summed E-state index contributed by atoms with van der Waals surface area (Å²) in [6, 6.07) is 5.63. The highest BCUT2D eigenvalue weighted by Crippen LogP contribution is 2.21. The standard InChI is InChI=1S/C12H13NO4S/c14-12(17-11-4-6-18-7-5-11)9-2-1-3-10(8-9)13(15)16/h1-3,8,11H,4-7H2. The van der Waals surface area contributed by atoms with E-state index in [1.54, 1.807) is 0 Å². The zero-order valence-electron chi connectivity index (χ0n) is 9.70. The second-order valence-corrected chi connectivity index (χ2v) is 5.25. The predicted molar refractivity (Wildman–Crippen MR) is 68.9 cm³/mol. The van der Waals surface area contributed by atoms with Gasteiger partial charge in [0.25, 0.3) is 5.69 Å². The van der Waals surface area contributed by atoms with Gasteiger partial charge in [-0.2, -0.15) is 11.8 Å². The summed E-state index contributed by atoms with van der Waals surface area (Å²) in [4.78, 5) is 21.9. The molecule has 96 valence electrons. The number of nitro benzene ring substituents is 1. The molecule has 1 fully saturated rings. The Bertz CT molecular complexity index is 457. The lowest BCUT2D eigenvalue weighted by Crippen LogP contribution is -2.22. The van der Waals surface area contributed by atoms with Crippen molar-refractivity contribution in [1.82, 2.24) is 0 Å². The van der Waals surface area contributed by atoms with E-state index >= 15 is 0 Å². The maximum Gasteiger partial charge on any atom is 0.338 e. The second kappa shape index (κ2) is 5.86. The van der Waals surface area contributed by atoms with Gasteiger partial charge in [0, 0.05) is 12.1 Å². The van der Waals surface area contributed by atoms with Crippen molar-refractivity contribution in [2.45, 2.75) is 18.9 Å². The number of non-ortho nitro benzene ring substituents is 1. The Hall–Kier alpha value is -1.56. The second-order valence-electron chi connectivity index (χ2n) is 4.02. The van der Waals surface area contributed by atoms with Gasteiger partial charge < -0.3 is 4.74 Å². The Morgan fingerprint density at radius 2 is 2.11 bits per heavy atom. The van der Waals surface area contributed by atoms with Crippen LogP contribution < -0.4 is 0 Å². The van der Waals surface area contributed by atoms with E-state index in [0.29, 0.717) is 0 Å². The van der Waals surface area contributed by atoms with Gasteiger partial charge in [-0.1, -0.05) is 6.07 Å². The summed E-state index contributed by atoms with van der Waals surface area (Å²) in [7, 11) is 0. The zero-order chi connectivity index (χ0) is 13.0. The maximum absolute atomic E-state index is 11.8. The lowest BCUT2D eigenvalue weighted by molar-refractivity contribution is -0.384.